The third-order valence-corrected chi connectivity index (χ3v) is 3.25. The zero-order chi connectivity index (χ0) is 13.1. The molecule has 1 aromatic heterocycles. The Balaban J connectivity index is 1.67. The fourth-order valence-electron chi connectivity index (χ4n) is 2.28. The number of anilines is 1. The summed E-state index contributed by atoms with van der Waals surface area (Å²) in [6.07, 6.45) is 3.57. The molecular weight excluding hydrogens is 246 g/mol. The molecule has 1 aliphatic heterocycles. The molecule has 6 nitrogen and oxygen atoms in total. The first-order valence-corrected chi connectivity index (χ1v) is 6.45. The molecule has 1 atom stereocenters. The van der Waals surface area contributed by atoms with E-state index in [1.165, 1.54) is 0 Å². The molecule has 0 unspecified atom stereocenters. The van der Waals surface area contributed by atoms with Gasteiger partial charge in [0.1, 0.15) is 5.52 Å². The molecule has 0 spiro atoms. The number of rotatable bonds is 3. The number of hydrogen-bond acceptors (Lipinski definition) is 5. The summed E-state index contributed by atoms with van der Waals surface area (Å²) in [5.74, 6) is -0.0672. The molecule has 1 saturated heterocycles. The van der Waals surface area contributed by atoms with Gasteiger partial charge in [0.05, 0.1) is 18.2 Å². The number of hydrogen-bond donors (Lipinski definition) is 1. The van der Waals surface area contributed by atoms with Crippen molar-refractivity contribution < 1.29 is 14.2 Å². The lowest BCUT2D eigenvalue weighted by Gasteiger charge is -2.21. The topological polar surface area (TPSA) is 77.2 Å². The number of carbonyl (C=O) groups is 1. The van der Waals surface area contributed by atoms with Crippen molar-refractivity contribution in [2.24, 2.45) is 0 Å². The molecule has 1 aliphatic rings. The number of benzene rings is 1. The first-order chi connectivity index (χ1) is 9.33. The lowest BCUT2D eigenvalue weighted by Crippen LogP contribution is -2.25. The lowest BCUT2D eigenvalue weighted by atomic mass is 10.1. The van der Waals surface area contributed by atoms with Gasteiger partial charge < -0.3 is 10.1 Å². The number of ether oxygens (including phenoxy) is 1. The van der Waals surface area contributed by atoms with E-state index in [9.17, 15) is 4.79 Å². The molecule has 3 rings (SSSR count). The predicted octanol–water partition coefficient (Wildman–Crippen LogP) is 2.12. The fraction of sp³-hybridized carbons (Fsp3) is 0.462. The van der Waals surface area contributed by atoms with Gasteiger partial charge in [-0.1, -0.05) is 6.07 Å². The first kappa shape index (κ1) is 12.1. The Hall–Kier alpha value is -1.95. The molecule has 1 aromatic carbocycles. The van der Waals surface area contributed by atoms with Crippen LogP contribution < -0.4 is 5.32 Å². The molecule has 0 aliphatic carbocycles. The van der Waals surface area contributed by atoms with E-state index < -0.39 is 0 Å². The molecule has 19 heavy (non-hydrogen) atoms. The van der Waals surface area contributed by atoms with Gasteiger partial charge in [-0.15, -0.1) is 0 Å². The Bertz CT molecular complexity index is 575. The zero-order valence-corrected chi connectivity index (χ0v) is 10.5. The minimum Gasteiger partial charge on any atom is -0.378 e. The van der Waals surface area contributed by atoms with Crippen molar-refractivity contribution in [1.82, 2.24) is 10.3 Å². The molecule has 1 amide bonds. The second kappa shape index (κ2) is 5.36. The number of nitrogens with one attached hydrogen (secondary N) is 1. The number of carbonyl (C=O) groups excluding carboxylic acids is 1. The van der Waals surface area contributed by atoms with E-state index in [-0.39, 0.29) is 12.0 Å². The average Bonchev–Trinajstić information content (AvgIpc) is 2.89. The summed E-state index contributed by atoms with van der Waals surface area (Å²) in [4.78, 5) is 12.0. The van der Waals surface area contributed by atoms with Crippen LogP contribution in [0.1, 0.15) is 25.7 Å². The molecule has 1 N–H and O–H groups in total. The molecule has 2 heterocycles. The van der Waals surface area contributed by atoms with Crippen LogP contribution in [0, 0.1) is 0 Å². The largest absolute Gasteiger partial charge is 0.378 e. The highest BCUT2D eigenvalue weighted by molar-refractivity contribution is 5.99. The van der Waals surface area contributed by atoms with Crippen LogP contribution in [0.15, 0.2) is 22.8 Å². The zero-order valence-electron chi connectivity index (χ0n) is 10.5. The van der Waals surface area contributed by atoms with Crippen LogP contribution in [-0.4, -0.2) is 28.9 Å². The standard InChI is InChI=1S/C13H15N3O3/c17-12(8-9-4-1-2-7-18-9)14-10-5-3-6-11-13(10)16-19-15-11/h3,5-6,9H,1-2,4,7-8H2,(H,14,17)/t9-/m1/s1. The van der Waals surface area contributed by atoms with E-state index in [1.54, 1.807) is 18.2 Å². The second-order valence-corrected chi connectivity index (χ2v) is 4.68. The van der Waals surface area contributed by atoms with Crippen molar-refractivity contribution in [2.45, 2.75) is 31.8 Å². The van der Waals surface area contributed by atoms with Crippen LogP contribution >= 0.6 is 0 Å². The average molecular weight is 261 g/mol. The minimum absolute atomic E-state index is 0.0309. The summed E-state index contributed by atoms with van der Waals surface area (Å²) in [5.41, 5.74) is 1.83. The smallest absolute Gasteiger partial charge is 0.227 e. The normalized spacial score (nSPS) is 19.5. The van der Waals surface area contributed by atoms with Gasteiger partial charge in [-0.2, -0.15) is 0 Å². The summed E-state index contributed by atoms with van der Waals surface area (Å²) >= 11 is 0. The SMILES string of the molecule is O=C(C[C@H]1CCCCO1)Nc1cccc2nonc12. The highest BCUT2D eigenvalue weighted by Crippen LogP contribution is 2.21. The third-order valence-electron chi connectivity index (χ3n) is 3.25. The Morgan fingerprint density at radius 2 is 2.32 bits per heavy atom. The van der Waals surface area contributed by atoms with Crippen LogP contribution in [0.25, 0.3) is 11.0 Å². The summed E-state index contributed by atoms with van der Waals surface area (Å²) in [6, 6.07) is 5.37. The molecule has 6 heteroatoms. The van der Waals surface area contributed by atoms with Crippen molar-refractivity contribution in [1.29, 1.82) is 0 Å². The van der Waals surface area contributed by atoms with Crippen LogP contribution in [-0.2, 0) is 9.53 Å². The highest BCUT2D eigenvalue weighted by Gasteiger charge is 2.18. The van der Waals surface area contributed by atoms with Crippen LogP contribution in [0.4, 0.5) is 5.69 Å². The Labute approximate surface area is 110 Å². The van der Waals surface area contributed by atoms with Gasteiger partial charge in [-0.3, -0.25) is 4.79 Å². The first-order valence-electron chi connectivity index (χ1n) is 6.45. The number of nitrogens with zero attached hydrogens (tertiary/aromatic N) is 2. The van der Waals surface area contributed by atoms with Crippen LogP contribution in [0.2, 0.25) is 0 Å². The Morgan fingerprint density at radius 3 is 3.16 bits per heavy atom. The molecule has 0 saturated carbocycles. The molecule has 1 fully saturated rings. The summed E-state index contributed by atoms with van der Waals surface area (Å²) in [6.45, 7) is 0.751. The summed E-state index contributed by atoms with van der Waals surface area (Å²) in [5, 5.41) is 10.4. The van der Waals surface area contributed by atoms with Gasteiger partial charge >= 0.3 is 0 Å². The van der Waals surface area contributed by atoms with Gasteiger partial charge in [-0.25, -0.2) is 4.63 Å². The second-order valence-electron chi connectivity index (χ2n) is 4.68. The predicted molar refractivity (Wildman–Crippen MR) is 68.6 cm³/mol. The molecule has 0 radical (unpaired) electrons. The van der Waals surface area contributed by atoms with E-state index in [1.807, 2.05) is 0 Å². The Kier molecular flexibility index (Phi) is 3.41. The van der Waals surface area contributed by atoms with Crippen molar-refractivity contribution in [3.63, 3.8) is 0 Å². The Morgan fingerprint density at radius 1 is 1.37 bits per heavy atom. The number of amides is 1. The molecule has 100 valence electrons. The van der Waals surface area contributed by atoms with E-state index >= 15 is 0 Å². The fourth-order valence-corrected chi connectivity index (χ4v) is 2.28. The molecular formula is C13H15N3O3. The number of fused-ring (bicyclic) bond motifs is 1. The van der Waals surface area contributed by atoms with Gasteiger partial charge in [0.2, 0.25) is 5.91 Å². The highest BCUT2D eigenvalue weighted by atomic mass is 16.6. The maximum Gasteiger partial charge on any atom is 0.227 e. The van der Waals surface area contributed by atoms with E-state index in [2.05, 4.69) is 20.3 Å². The molecule has 2 aromatic rings. The van der Waals surface area contributed by atoms with Crippen molar-refractivity contribution in [2.75, 3.05) is 11.9 Å². The summed E-state index contributed by atoms with van der Waals surface area (Å²) < 4.78 is 10.2. The van der Waals surface area contributed by atoms with Crippen molar-refractivity contribution in [3.8, 4) is 0 Å². The quantitative estimate of drug-likeness (QED) is 0.915. The van der Waals surface area contributed by atoms with Gasteiger partial charge in [0, 0.05) is 6.61 Å². The van der Waals surface area contributed by atoms with Crippen LogP contribution in [0.5, 0.6) is 0 Å². The van der Waals surface area contributed by atoms with Gasteiger partial charge in [-0.05, 0) is 41.7 Å². The van der Waals surface area contributed by atoms with E-state index in [0.29, 0.717) is 23.1 Å². The lowest BCUT2D eigenvalue weighted by molar-refractivity contribution is -0.119. The van der Waals surface area contributed by atoms with Gasteiger partial charge in [0.25, 0.3) is 0 Å². The molecule has 0 bridgehead atoms. The third kappa shape index (κ3) is 2.73. The maximum absolute atomic E-state index is 12.0. The van der Waals surface area contributed by atoms with E-state index in [4.69, 9.17) is 4.74 Å². The summed E-state index contributed by atoms with van der Waals surface area (Å²) in [7, 11) is 0. The van der Waals surface area contributed by atoms with Crippen molar-refractivity contribution in [3.05, 3.63) is 18.2 Å². The van der Waals surface area contributed by atoms with Gasteiger partial charge in [0.15, 0.2) is 5.52 Å². The van der Waals surface area contributed by atoms with Crippen LogP contribution in [0.3, 0.4) is 0 Å². The van der Waals surface area contributed by atoms with Crippen molar-refractivity contribution >= 4 is 22.6 Å². The van der Waals surface area contributed by atoms with E-state index in [0.717, 1.165) is 25.9 Å². The monoisotopic (exact) mass is 261 g/mol. The minimum atomic E-state index is -0.0672. The number of aromatic nitrogens is 2. The maximum atomic E-state index is 12.0.